The van der Waals surface area contributed by atoms with Crippen LogP contribution < -0.4 is 16.0 Å². The summed E-state index contributed by atoms with van der Waals surface area (Å²) in [5.41, 5.74) is 2.63. The summed E-state index contributed by atoms with van der Waals surface area (Å²) in [6.45, 7) is 4.28. The van der Waals surface area contributed by atoms with Gasteiger partial charge >= 0.3 is 0 Å². The van der Waals surface area contributed by atoms with Gasteiger partial charge in [0.25, 0.3) is 0 Å². The first-order valence-corrected chi connectivity index (χ1v) is 9.56. The molecule has 3 N–H and O–H groups in total. The van der Waals surface area contributed by atoms with E-state index in [0.29, 0.717) is 6.61 Å². The lowest BCUT2D eigenvalue weighted by atomic mass is 9.78. The summed E-state index contributed by atoms with van der Waals surface area (Å²) in [7, 11) is 1.66. The number of ether oxygens (including phenoxy) is 1. The van der Waals surface area contributed by atoms with E-state index in [1.165, 1.54) is 5.56 Å². The molecule has 1 aliphatic rings. The molecule has 0 radical (unpaired) electrons. The predicted octanol–water partition coefficient (Wildman–Crippen LogP) is 3.81. The van der Waals surface area contributed by atoms with Gasteiger partial charge in [0.2, 0.25) is 5.91 Å². The number of piperidine rings is 1. The summed E-state index contributed by atoms with van der Waals surface area (Å²) in [6, 6.07) is 18.4. The largest absolute Gasteiger partial charge is 0.384 e. The van der Waals surface area contributed by atoms with Crippen LogP contribution in [0, 0.1) is 5.41 Å². The summed E-state index contributed by atoms with van der Waals surface area (Å²) in [5.74, 6) is 0.0456. The second kappa shape index (κ2) is 9.02. The van der Waals surface area contributed by atoms with Gasteiger partial charge in [0, 0.05) is 24.5 Å². The average Bonchev–Trinajstić information content (AvgIpc) is 2.71. The quantitative estimate of drug-likeness (QED) is 0.696. The minimum absolute atomic E-state index is 0.0456. The highest BCUT2D eigenvalue weighted by Gasteiger charge is 2.39. The fraction of sp³-hybridized carbons (Fsp3) is 0.409. The molecule has 0 aliphatic carbocycles. The van der Waals surface area contributed by atoms with Crippen LogP contribution in [0.2, 0.25) is 0 Å². The molecule has 0 bridgehead atoms. The SMILES string of the molecule is COCC1(C(=O)Nc2ccc(NC(C)c3ccccc3)cc2)CCNCC1. The zero-order valence-electron chi connectivity index (χ0n) is 16.1. The van der Waals surface area contributed by atoms with E-state index in [1.807, 2.05) is 42.5 Å². The molecule has 0 aromatic heterocycles. The molecule has 2 aromatic carbocycles. The van der Waals surface area contributed by atoms with Crippen molar-refractivity contribution < 1.29 is 9.53 Å². The molecule has 1 aliphatic heterocycles. The summed E-state index contributed by atoms with van der Waals surface area (Å²) < 4.78 is 5.35. The first-order valence-electron chi connectivity index (χ1n) is 9.56. The van der Waals surface area contributed by atoms with Crippen LogP contribution in [0.5, 0.6) is 0 Å². The van der Waals surface area contributed by atoms with Crippen molar-refractivity contribution in [2.75, 3.05) is 37.4 Å². The molecule has 0 saturated carbocycles. The lowest BCUT2D eigenvalue weighted by molar-refractivity contribution is -0.130. The van der Waals surface area contributed by atoms with Gasteiger partial charge in [-0.05, 0) is 62.7 Å². The van der Waals surface area contributed by atoms with Crippen LogP contribution >= 0.6 is 0 Å². The number of hydrogen-bond acceptors (Lipinski definition) is 4. The molecule has 144 valence electrons. The number of methoxy groups -OCH3 is 1. The van der Waals surface area contributed by atoms with Gasteiger partial charge in [-0.1, -0.05) is 30.3 Å². The first kappa shape index (κ1) is 19.4. The number of carbonyl (C=O) groups excluding carboxylic acids is 1. The number of carbonyl (C=O) groups is 1. The standard InChI is InChI=1S/C22H29N3O2/c1-17(18-6-4-3-5-7-18)24-19-8-10-20(11-9-19)25-21(26)22(16-27-2)12-14-23-15-13-22/h3-11,17,23-24H,12-16H2,1-2H3,(H,25,26). The van der Waals surface area contributed by atoms with Gasteiger partial charge in [-0.2, -0.15) is 0 Å². The Bertz CT molecular complexity index is 719. The highest BCUT2D eigenvalue weighted by Crippen LogP contribution is 2.31. The van der Waals surface area contributed by atoms with Crippen LogP contribution in [-0.4, -0.2) is 32.7 Å². The molecular formula is C22H29N3O2. The Morgan fingerprint density at radius 2 is 1.70 bits per heavy atom. The third kappa shape index (κ3) is 4.87. The molecule has 1 saturated heterocycles. The maximum absolute atomic E-state index is 12.9. The van der Waals surface area contributed by atoms with Crippen molar-refractivity contribution in [1.82, 2.24) is 5.32 Å². The zero-order chi connectivity index (χ0) is 19.1. The minimum Gasteiger partial charge on any atom is -0.384 e. The van der Waals surface area contributed by atoms with Crippen LogP contribution in [0.15, 0.2) is 54.6 Å². The fourth-order valence-electron chi connectivity index (χ4n) is 3.61. The number of hydrogen-bond donors (Lipinski definition) is 3. The fourth-order valence-corrected chi connectivity index (χ4v) is 3.61. The van der Waals surface area contributed by atoms with Crippen molar-refractivity contribution in [2.45, 2.75) is 25.8 Å². The van der Waals surface area contributed by atoms with Crippen molar-refractivity contribution in [3.63, 3.8) is 0 Å². The van der Waals surface area contributed by atoms with Crippen LogP contribution in [0.25, 0.3) is 0 Å². The van der Waals surface area contributed by atoms with Gasteiger partial charge in [0.15, 0.2) is 0 Å². The summed E-state index contributed by atoms with van der Waals surface area (Å²) in [6.07, 6.45) is 1.59. The molecule has 3 rings (SSSR count). The van der Waals surface area contributed by atoms with Crippen LogP contribution in [0.1, 0.15) is 31.4 Å². The van der Waals surface area contributed by atoms with E-state index >= 15 is 0 Å². The van der Waals surface area contributed by atoms with Crippen molar-refractivity contribution >= 4 is 17.3 Å². The maximum atomic E-state index is 12.9. The molecule has 1 unspecified atom stereocenters. The first-order chi connectivity index (χ1) is 13.1. The predicted molar refractivity (Wildman–Crippen MR) is 110 cm³/mol. The summed E-state index contributed by atoms with van der Waals surface area (Å²) in [4.78, 5) is 12.9. The molecule has 1 atom stereocenters. The normalized spacial score (nSPS) is 17.1. The Morgan fingerprint density at radius 3 is 2.33 bits per heavy atom. The monoisotopic (exact) mass is 367 g/mol. The van der Waals surface area contributed by atoms with E-state index in [-0.39, 0.29) is 11.9 Å². The third-order valence-corrected chi connectivity index (χ3v) is 5.29. The van der Waals surface area contributed by atoms with Gasteiger partial charge in [-0.15, -0.1) is 0 Å². The highest BCUT2D eigenvalue weighted by molar-refractivity contribution is 5.95. The van der Waals surface area contributed by atoms with Crippen LogP contribution in [-0.2, 0) is 9.53 Å². The van der Waals surface area contributed by atoms with Gasteiger partial charge < -0.3 is 20.7 Å². The van der Waals surface area contributed by atoms with Crippen molar-refractivity contribution in [3.8, 4) is 0 Å². The maximum Gasteiger partial charge on any atom is 0.233 e. The third-order valence-electron chi connectivity index (χ3n) is 5.29. The van der Waals surface area contributed by atoms with Gasteiger partial charge in [-0.25, -0.2) is 0 Å². The van der Waals surface area contributed by atoms with E-state index in [1.54, 1.807) is 7.11 Å². The average molecular weight is 367 g/mol. The Balaban J connectivity index is 1.62. The zero-order valence-corrected chi connectivity index (χ0v) is 16.1. The molecule has 0 spiro atoms. The van der Waals surface area contributed by atoms with Gasteiger partial charge in [0.1, 0.15) is 0 Å². The number of nitrogens with one attached hydrogen (secondary N) is 3. The van der Waals surface area contributed by atoms with Crippen molar-refractivity contribution in [2.24, 2.45) is 5.41 Å². The highest BCUT2D eigenvalue weighted by atomic mass is 16.5. The molecular weight excluding hydrogens is 338 g/mol. The van der Waals surface area contributed by atoms with Crippen LogP contribution in [0.3, 0.4) is 0 Å². The summed E-state index contributed by atoms with van der Waals surface area (Å²) >= 11 is 0. The number of amides is 1. The molecule has 1 heterocycles. The Kier molecular flexibility index (Phi) is 6.48. The number of benzene rings is 2. The molecule has 1 fully saturated rings. The van der Waals surface area contributed by atoms with Crippen molar-refractivity contribution in [1.29, 1.82) is 0 Å². The smallest absolute Gasteiger partial charge is 0.233 e. The van der Waals surface area contributed by atoms with Crippen molar-refractivity contribution in [3.05, 3.63) is 60.2 Å². The van der Waals surface area contributed by atoms with E-state index in [2.05, 4.69) is 35.0 Å². The Hall–Kier alpha value is -2.37. The van der Waals surface area contributed by atoms with E-state index in [4.69, 9.17) is 4.74 Å². The second-order valence-corrected chi connectivity index (χ2v) is 7.27. The lowest BCUT2D eigenvalue weighted by Gasteiger charge is -2.35. The van der Waals surface area contributed by atoms with E-state index in [0.717, 1.165) is 37.3 Å². The topological polar surface area (TPSA) is 62.4 Å². The molecule has 2 aromatic rings. The molecule has 1 amide bonds. The minimum atomic E-state index is -0.446. The van der Waals surface area contributed by atoms with Crippen LogP contribution in [0.4, 0.5) is 11.4 Å². The lowest BCUT2D eigenvalue weighted by Crippen LogP contribution is -2.47. The Morgan fingerprint density at radius 1 is 1.07 bits per heavy atom. The van der Waals surface area contributed by atoms with Gasteiger partial charge in [0.05, 0.1) is 12.0 Å². The molecule has 27 heavy (non-hydrogen) atoms. The van der Waals surface area contributed by atoms with E-state index in [9.17, 15) is 4.79 Å². The Labute approximate surface area is 161 Å². The second-order valence-electron chi connectivity index (χ2n) is 7.27. The number of anilines is 2. The van der Waals surface area contributed by atoms with E-state index < -0.39 is 5.41 Å². The summed E-state index contributed by atoms with van der Waals surface area (Å²) in [5, 5.41) is 9.88. The number of rotatable bonds is 7. The molecule has 5 heteroatoms. The van der Waals surface area contributed by atoms with Gasteiger partial charge in [-0.3, -0.25) is 4.79 Å². The molecule has 5 nitrogen and oxygen atoms in total.